The Labute approximate surface area is 68.2 Å². The largest absolute Gasteiger partial charge is 0.573 e. The zero-order chi connectivity index (χ0) is 9.19. The Morgan fingerprint density at radius 1 is 1.17 bits per heavy atom. The van der Waals surface area contributed by atoms with Gasteiger partial charge in [-0.3, -0.25) is 0 Å². The van der Waals surface area contributed by atoms with Crippen molar-refractivity contribution in [3.63, 3.8) is 0 Å². The number of hydrogen-bond acceptors (Lipinski definition) is 2. The predicted octanol–water partition coefficient (Wildman–Crippen LogP) is 2.41. The zero-order valence-corrected chi connectivity index (χ0v) is 5.93. The molecule has 0 fully saturated rings. The van der Waals surface area contributed by atoms with Gasteiger partial charge in [-0.05, 0) is 24.3 Å². The lowest BCUT2D eigenvalue weighted by Gasteiger charge is -2.07. The van der Waals surface area contributed by atoms with Crippen LogP contribution in [0.2, 0.25) is 0 Å². The average molecular weight is 179 g/mol. The molecule has 0 saturated heterocycles. The topological polar surface area (TPSA) is 35.2 Å². The molecule has 1 rings (SSSR count). The smallest absolute Gasteiger partial charge is 0.406 e. The third-order valence-electron chi connectivity index (χ3n) is 1.11. The van der Waals surface area contributed by atoms with Gasteiger partial charge in [-0.15, -0.1) is 13.2 Å². The fourth-order valence-electron chi connectivity index (χ4n) is 0.669. The summed E-state index contributed by atoms with van der Waals surface area (Å²) in [5, 5.41) is 0. The number of alkyl halides is 3. The lowest BCUT2D eigenvalue weighted by Crippen LogP contribution is -2.16. The van der Waals surface area contributed by atoms with Gasteiger partial charge in [0.1, 0.15) is 5.75 Å². The molecule has 0 aliphatic heterocycles. The van der Waals surface area contributed by atoms with E-state index in [1.807, 2.05) is 0 Å². The highest BCUT2D eigenvalue weighted by Gasteiger charge is 2.30. The molecule has 2 N–H and O–H groups in total. The number of benzene rings is 1. The van der Waals surface area contributed by atoms with Crippen LogP contribution in [0.5, 0.6) is 5.75 Å². The fourth-order valence-corrected chi connectivity index (χ4v) is 0.669. The van der Waals surface area contributed by atoms with Gasteiger partial charge in [0, 0.05) is 7.11 Å². The number of anilines is 1. The molecule has 0 radical (unpaired) electrons. The Morgan fingerprint density at radius 2 is 1.67 bits per heavy atom. The summed E-state index contributed by atoms with van der Waals surface area (Å²) >= 11 is 0. The van der Waals surface area contributed by atoms with E-state index in [0.717, 1.165) is 12.1 Å². The van der Waals surface area contributed by atoms with E-state index in [2.05, 4.69) is 4.74 Å². The van der Waals surface area contributed by atoms with Crippen LogP contribution >= 0.6 is 0 Å². The first-order valence-electron chi connectivity index (χ1n) is 3.09. The van der Waals surface area contributed by atoms with Gasteiger partial charge in [0.2, 0.25) is 0 Å². The Kier molecular flexibility index (Phi) is 2.12. The van der Waals surface area contributed by atoms with Gasteiger partial charge < -0.3 is 10.5 Å². The molecular formula is C7H8F3NO. The van der Waals surface area contributed by atoms with Crippen molar-refractivity contribution in [2.75, 3.05) is 5.73 Å². The molecule has 0 amide bonds. The van der Waals surface area contributed by atoms with Gasteiger partial charge in [-0.25, -0.2) is 0 Å². The van der Waals surface area contributed by atoms with Crippen LogP contribution in [0.25, 0.3) is 0 Å². The summed E-state index contributed by atoms with van der Waals surface area (Å²) in [5.41, 5.74) is 5.65. The van der Waals surface area contributed by atoms with Crippen LogP contribution < -0.4 is 10.5 Å². The van der Waals surface area contributed by atoms with Crippen LogP contribution in [0.1, 0.15) is 1.43 Å². The maximum absolute atomic E-state index is 11.6. The van der Waals surface area contributed by atoms with Gasteiger partial charge in [-0.2, -0.15) is 0 Å². The Bertz CT molecular complexity index is 259. The van der Waals surface area contributed by atoms with Crippen LogP contribution in [-0.4, -0.2) is 6.36 Å². The molecular weight excluding hydrogens is 171 g/mol. The molecule has 0 bridgehead atoms. The van der Waals surface area contributed by atoms with Crippen LogP contribution in [0.4, 0.5) is 18.9 Å². The predicted molar refractivity (Wildman–Crippen MR) is 39.7 cm³/mol. The minimum Gasteiger partial charge on any atom is -0.406 e. The van der Waals surface area contributed by atoms with Gasteiger partial charge >= 0.3 is 6.36 Å². The van der Waals surface area contributed by atoms with Crippen LogP contribution in [0, 0.1) is 0 Å². The monoisotopic (exact) mass is 179 g/mol. The maximum Gasteiger partial charge on any atom is 0.573 e. The van der Waals surface area contributed by atoms with Crippen molar-refractivity contribution in [3.8, 4) is 5.75 Å². The molecule has 5 heteroatoms. The average Bonchev–Trinajstić information content (AvgIpc) is 1.91. The Morgan fingerprint density at radius 3 is 2.08 bits per heavy atom. The summed E-state index contributed by atoms with van der Waals surface area (Å²) in [7, 11) is 0. The molecule has 2 nitrogen and oxygen atoms in total. The molecule has 0 spiro atoms. The minimum atomic E-state index is -4.64. The lowest BCUT2D eigenvalue weighted by molar-refractivity contribution is -0.274. The SMILES string of the molecule is Nc1ccc(OC(F)(F)F)cc1.[HH]. The quantitative estimate of drug-likeness (QED) is 0.672. The fraction of sp³-hybridized carbons (Fsp3) is 0.143. The van der Waals surface area contributed by atoms with Crippen LogP contribution in [0.3, 0.4) is 0 Å². The summed E-state index contributed by atoms with van der Waals surface area (Å²) in [6, 6.07) is 4.98. The minimum absolute atomic E-state index is 0. The number of hydrogen-bond donors (Lipinski definition) is 1. The van der Waals surface area contributed by atoms with Crippen molar-refractivity contribution in [2.24, 2.45) is 0 Å². The second kappa shape index (κ2) is 2.92. The van der Waals surface area contributed by atoms with Crippen molar-refractivity contribution < 1.29 is 19.3 Å². The number of rotatable bonds is 1. The number of nitrogen functional groups attached to an aromatic ring is 1. The highest BCUT2D eigenvalue weighted by Crippen LogP contribution is 2.22. The van der Waals surface area contributed by atoms with Crippen molar-refractivity contribution in [1.29, 1.82) is 0 Å². The Balaban J connectivity index is 0.00000144. The molecule has 0 unspecified atom stereocenters. The van der Waals surface area contributed by atoms with E-state index in [1.165, 1.54) is 12.1 Å². The molecule has 0 aliphatic rings. The number of nitrogens with two attached hydrogens (primary N) is 1. The molecule has 0 aliphatic carbocycles. The molecule has 0 aromatic heterocycles. The highest BCUT2D eigenvalue weighted by molar-refractivity contribution is 5.41. The van der Waals surface area contributed by atoms with E-state index < -0.39 is 6.36 Å². The summed E-state index contributed by atoms with van der Waals surface area (Å²) in [5.74, 6) is -0.267. The van der Waals surface area contributed by atoms with Gasteiger partial charge in [0.25, 0.3) is 0 Å². The maximum atomic E-state index is 11.6. The summed E-state index contributed by atoms with van der Waals surface area (Å²) in [4.78, 5) is 0. The second-order valence-corrected chi connectivity index (χ2v) is 2.12. The van der Waals surface area contributed by atoms with Crippen molar-refractivity contribution in [1.82, 2.24) is 0 Å². The first-order chi connectivity index (χ1) is 5.47. The van der Waals surface area contributed by atoms with E-state index in [0.29, 0.717) is 5.69 Å². The normalized spacial score (nSPS) is 11.2. The summed E-state index contributed by atoms with van der Waals surface area (Å²) in [6.45, 7) is 0. The van der Waals surface area contributed by atoms with E-state index in [9.17, 15) is 13.2 Å². The van der Waals surface area contributed by atoms with E-state index in [1.54, 1.807) is 0 Å². The van der Waals surface area contributed by atoms with Crippen LogP contribution in [-0.2, 0) is 0 Å². The second-order valence-electron chi connectivity index (χ2n) is 2.12. The molecule has 12 heavy (non-hydrogen) atoms. The van der Waals surface area contributed by atoms with Crippen LogP contribution in [0.15, 0.2) is 24.3 Å². The summed E-state index contributed by atoms with van der Waals surface area (Å²) in [6.07, 6.45) is -4.64. The van der Waals surface area contributed by atoms with Gasteiger partial charge in [0.05, 0.1) is 0 Å². The van der Waals surface area contributed by atoms with Gasteiger partial charge in [-0.1, -0.05) is 0 Å². The van der Waals surface area contributed by atoms with E-state index in [-0.39, 0.29) is 7.18 Å². The van der Waals surface area contributed by atoms with E-state index in [4.69, 9.17) is 5.73 Å². The first kappa shape index (κ1) is 8.70. The first-order valence-corrected chi connectivity index (χ1v) is 3.09. The van der Waals surface area contributed by atoms with Gasteiger partial charge in [0.15, 0.2) is 0 Å². The summed E-state index contributed by atoms with van der Waals surface area (Å²) < 4.78 is 38.4. The number of halogens is 3. The number of ether oxygens (including phenoxy) is 1. The molecule has 0 heterocycles. The third kappa shape index (κ3) is 2.69. The zero-order valence-electron chi connectivity index (χ0n) is 5.93. The van der Waals surface area contributed by atoms with Crippen molar-refractivity contribution in [3.05, 3.63) is 24.3 Å². The molecule has 68 valence electrons. The standard InChI is InChI=1S/C7H6F3NO.H2/c8-7(9,10)12-6-3-1-5(11)2-4-6;/h1-4H,11H2;1H. The third-order valence-corrected chi connectivity index (χ3v) is 1.11. The lowest BCUT2D eigenvalue weighted by atomic mass is 10.3. The van der Waals surface area contributed by atoms with Crippen molar-refractivity contribution >= 4 is 5.69 Å². The Hall–Kier alpha value is -1.39. The van der Waals surface area contributed by atoms with E-state index >= 15 is 0 Å². The molecule has 0 atom stereocenters. The highest BCUT2D eigenvalue weighted by atomic mass is 19.4. The molecule has 1 aromatic rings. The van der Waals surface area contributed by atoms with Crippen molar-refractivity contribution in [2.45, 2.75) is 6.36 Å². The molecule has 1 aromatic carbocycles. The molecule has 0 saturated carbocycles.